The first kappa shape index (κ1) is 19.7. The average molecular weight is 349 g/mol. The molecule has 6 nitrogen and oxygen atoms in total. The van der Waals surface area contributed by atoms with Crippen molar-refractivity contribution >= 4 is 24.9 Å². The van der Waals surface area contributed by atoms with Gasteiger partial charge in [-0.3, -0.25) is 0 Å². The van der Waals surface area contributed by atoms with E-state index < -0.39 is 30.3 Å². The fraction of sp³-hybridized carbons (Fsp3) is 0.500. The minimum atomic E-state index is -2.05. The highest BCUT2D eigenvalue weighted by atomic mass is 35.5. The number of methoxy groups -OCH3 is 1. The molecule has 0 radical (unpaired) electrons. The first-order chi connectivity index (χ1) is 10.5. The van der Waals surface area contributed by atoms with Crippen LogP contribution in [-0.4, -0.2) is 41.6 Å². The Hall–Kier alpha value is -1.35. The summed E-state index contributed by atoms with van der Waals surface area (Å²) in [6.45, 7) is 4.97. The largest absolute Gasteiger partial charge is 0.635 e. The zero-order chi connectivity index (χ0) is 17.8. The number of halogens is 2. The van der Waals surface area contributed by atoms with Crippen LogP contribution in [0.15, 0.2) is 12.1 Å². The van der Waals surface area contributed by atoms with Crippen LogP contribution in [0.25, 0.3) is 0 Å². The van der Waals surface area contributed by atoms with Gasteiger partial charge in [-0.25, -0.2) is 9.18 Å². The zero-order valence-electron chi connectivity index (χ0n) is 13.3. The fourth-order valence-corrected chi connectivity index (χ4v) is 2.13. The van der Waals surface area contributed by atoms with Crippen molar-refractivity contribution in [2.45, 2.75) is 38.4 Å². The van der Waals surface area contributed by atoms with Crippen molar-refractivity contribution in [2.24, 2.45) is 0 Å². The summed E-state index contributed by atoms with van der Waals surface area (Å²) in [6, 6.07) is 2.45. The summed E-state index contributed by atoms with van der Waals surface area (Å²) in [5, 5.41) is 17.5. The molecule has 0 aromatic heterocycles. The molecule has 0 heterocycles. The van der Waals surface area contributed by atoms with Gasteiger partial charge in [0, 0.05) is 6.42 Å². The third kappa shape index (κ3) is 5.99. The maximum absolute atomic E-state index is 14.1. The van der Waals surface area contributed by atoms with Crippen LogP contribution in [0.2, 0.25) is 0 Å². The van der Waals surface area contributed by atoms with Crippen molar-refractivity contribution in [1.82, 2.24) is 0 Å². The molecule has 0 aliphatic carbocycles. The molecule has 1 atom stereocenters. The van der Waals surface area contributed by atoms with E-state index in [9.17, 15) is 9.18 Å². The van der Waals surface area contributed by atoms with E-state index in [1.165, 1.54) is 13.2 Å². The molecule has 0 aliphatic rings. The van der Waals surface area contributed by atoms with Crippen LogP contribution in [0, 0.1) is 5.82 Å². The van der Waals surface area contributed by atoms with E-state index in [0.717, 1.165) is 6.07 Å². The number of carbonyl (C=O) groups excluding carboxylic acids is 1. The minimum absolute atomic E-state index is 0.0408. The maximum atomic E-state index is 14.1. The molecule has 0 saturated carbocycles. The SMILES string of the molecule is COc1c(C[C@H](Cl)OB(O)O)ccc(F)c1C(=O)OC(C)(C)C. The Labute approximate surface area is 139 Å². The fourth-order valence-electron chi connectivity index (χ4n) is 1.87. The Balaban J connectivity index is 3.16. The van der Waals surface area contributed by atoms with Crippen LogP contribution in [0.5, 0.6) is 5.75 Å². The lowest BCUT2D eigenvalue weighted by atomic mass is 10.0. The third-order valence-corrected chi connectivity index (χ3v) is 2.90. The van der Waals surface area contributed by atoms with Crippen LogP contribution in [0.1, 0.15) is 36.7 Å². The van der Waals surface area contributed by atoms with Gasteiger partial charge >= 0.3 is 13.3 Å². The molecule has 0 fully saturated rings. The van der Waals surface area contributed by atoms with Gasteiger partial charge < -0.3 is 24.2 Å². The Morgan fingerprint density at radius 3 is 2.48 bits per heavy atom. The molecule has 0 amide bonds. The smallest absolute Gasteiger partial charge is 0.495 e. The highest BCUT2D eigenvalue weighted by Gasteiger charge is 2.27. The molecule has 9 heteroatoms. The number of hydrogen-bond donors (Lipinski definition) is 2. The Bertz CT molecular complexity index is 561. The second-order valence-corrected chi connectivity index (χ2v) is 6.18. The summed E-state index contributed by atoms with van der Waals surface area (Å²) in [4.78, 5) is 12.2. The van der Waals surface area contributed by atoms with E-state index in [2.05, 4.69) is 4.65 Å². The number of hydrogen-bond acceptors (Lipinski definition) is 6. The molecule has 0 unspecified atom stereocenters. The summed E-state index contributed by atoms with van der Waals surface area (Å²) >= 11 is 5.81. The van der Waals surface area contributed by atoms with Crippen molar-refractivity contribution < 1.29 is 33.4 Å². The monoisotopic (exact) mass is 348 g/mol. The topological polar surface area (TPSA) is 85.2 Å². The van der Waals surface area contributed by atoms with Crippen LogP contribution in [-0.2, 0) is 15.8 Å². The van der Waals surface area contributed by atoms with Crippen molar-refractivity contribution in [1.29, 1.82) is 0 Å². The highest BCUT2D eigenvalue weighted by Crippen LogP contribution is 2.30. The van der Waals surface area contributed by atoms with Gasteiger partial charge in [-0.2, -0.15) is 0 Å². The van der Waals surface area contributed by atoms with E-state index in [4.69, 9.17) is 31.1 Å². The molecule has 2 N–H and O–H groups in total. The summed E-state index contributed by atoms with van der Waals surface area (Å²) in [5.74, 6) is -1.71. The average Bonchev–Trinajstić information content (AvgIpc) is 2.37. The molecule has 0 spiro atoms. The minimum Gasteiger partial charge on any atom is -0.495 e. The van der Waals surface area contributed by atoms with E-state index in [-0.39, 0.29) is 17.7 Å². The van der Waals surface area contributed by atoms with Gasteiger partial charge in [0.2, 0.25) is 0 Å². The van der Waals surface area contributed by atoms with Gasteiger partial charge in [-0.05, 0) is 32.4 Å². The number of esters is 1. The quantitative estimate of drug-likeness (QED) is 0.464. The zero-order valence-corrected chi connectivity index (χ0v) is 14.1. The summed E-state index contributed by atoms with van der Waals surface area (Å²) in [7, 11) is -0.772. The van der Waals surface area contributed by atoms with Gasteiger partial charge in [-0.15, -0.1) is 0 Å². The number of rotatable bonds is 6. The summed E-state index contributed by atoms with van der Waals surface area (Å²) in [6.07, 6.45) is -0.0432. The van der Waals surface area contributed by atoms with Gasteiger partial charge in [0.05, 0.1) is 7.11 Å². The Morgan fingerprint density at radius 2 is 2.00 bits per heavy atom. The predicted octanol–water partition coefficient (Wildman–Crippen LogP) is 1.88. The molecule has 23 heavy (non-hydrogen) atoms. The first-order valence-corrected chi connectivity index (χ1v) is 7.23. The third-order valence-electron chi connectivity index (χ3n) is 2.65. The lowest BCUT2D eigenvalue weighted by molar-refractivity contribution is 0.00610. The van der Waals surface area contributed by atoms with E-state index in [1.54, 1.807) is 20.8 Å². The lowest BCUT2D eigenvalue weighted by Crippen LogP contribution is -2.26. The van der Waals surface area contributed by atoms with Gasteiger partial charge in [-0.1, -0.05) is 17.7 Å². The second kappa shape index (κ2) is 7.96. The predicted molar refractivity (Wildman–Crippen MR) is 82.7 cm³/mol. The molecular formula is C14H19BClFO6. The number of carbonyl (C=O) groups is 1. The van der Waals surface area contributed by atoms with Crippen LogP contribution in [0.4, 0.5) is 4.39 Å². The molecule has 1 rings (SSSR count). The molecule has 0 bridgehead atoms. The molecule has 1 aromatic rings. The maximum Gasteiger partial charge on any atom is 0.635 e. The number of ether oxygens (including phenoxy) is 2. The van der Waals surface area contributed by atoms with Gasteiger partial charge in [0.15, 0.2) is 0 Å². The molecule has 0 aliphatic heterocycles. The summed E-state index contributed by atoms with van der Waals surface area (Å²) < 4.78 is 28.9. The summed E-state index contributed by atoms with van der Waals surface area (Å²) in [5.41, 5.74) is -1.91. The van der Waals surface area contributed by atoms with Crippen molar-refractivity contribution in [3.63, 3.8) is 0 Å². The number of benzene rings is 1. The lowest BCUT2D eigenvalue weighted by Gasteiger charge is -2.21. The molecule has 128 valence electrons. The van der Waals surface area contributed by atoms with Crippen molar-refractivity contribution in [3.05, 3.63) is 29.1 Å². The van der Waals surface area contributed by atoms with E-state index in [0.29, 0.717) is 5.56 Å². The van der Waals surface area contributed by atoms with Crippen molar-refractivity contribution in [2.75, 3.05) is 7.11 Å². The van der Waals surface area contributed by atoms with Gasteiger partial charge in [0.25, 0.3) is 0 Å². The van der Waals surface area contributed by atoms with Crippen LogP contribution >= 0.6 is 11.6 Å². The second-order valence-electron chi connectivity index (χ2n) is 5.69. The standard InChI is InChI=1S/C14H19BClFO6/c1-14(2,3)22-13(18)11-9(17)6-5-8(12(11)21-4)7-10(16)23-15(19)20/h5-6,10,19-20H,7H2,1-4H3/t10-/m1/s1. The van der Waals surface area contributed by atoms with Crippen LogP contribution < -0.4 is 4.74 Å². The van der Waals surface area contributed by atoms with Crippen molar-refractivity contribution in [3.8, 4) is 5.75 Å². The molecule has 0 saturated heterocycles. The highest BCUT2D eigenvalue weighted by molar-refractivity contribution is 6.34. The Kier molecular flexibility index (Phi) is 6.82. The Morgan fingerprint density at radius 1 is 1.39 bits per heavy atom. The molecule has 1 aromatic carbocycles. The van der Waals surface area contributed by atoms with E-state index >= 15 is 0 Å². The van der Waals surface area contributed by atoms with E-state index in [1.807, 2.05) is 0 Å². The normalized spacial score (nSPS) is 12.7. The molecular weight excluding hydrogens is 329 g/mol. The number of alkyl halides is 1. The van der Waals surface area contributed by atoms with Crippen LogP contribution in [0.3, 0.4) is 0 Å². The van der Waals surface area contributed by atoms with Gasteiger partial charge in [0.1, 0.15) is 28.3 Å². The first-order valence-electron chi connectivity index (χ1n) is 6.79.